The Bertz CT molecular complexity index is 1060. The van der Waals surface area contributed by atoms with Crippen LogP contribution < -0.4 is 4.74 Å². The summed E-state index contributed by atoms with van der Waals surface area (Å²) < 4.78 is 10.5. The molecule has 160 valence electrons. The largest absolute Gasteiger partial charge is 0.497 e. The molecule has 0 spiro atoms. The number of aromatic nitrogens is 3. The van der Waals surface area contributed by atoms with Crippen LogP contribution in [0.3, 0.4) is 0 Å². The maximum absolute atomic E-state index is 12.8. The Morgan fingerprint density at radius 3 is 2.52 bits per heavy atom. The van der Waals surface area contributed by atoms with Gasteiger partial charge in [-0.05, 0) is 43.5 Å². The average Bonchev–Trinajstić information content (AvgIpc) is 3.57. The van der Waals surface area contributed by atoms with Crippen LogP contribution in [0.25, 0.3) is 10.8 Å². The third-order valence-corrected chi connectivity index (χ3v) is 6.02. The first kappa shape index (κ1) is 20.9. The van der Waals surface area contributed by atoms with Crippen LogP contribution in [0.1, 0.15) is 33.8 Å². The van der Waals surface area contributed by atoms with Crippen molar-refractivity contribution in [1.29, 1.82) is 0 Å². The van der Waals surface area contributed by atoms with E-state index >= 15 is 0 Å². The van der Waals surface area contributed by atoms with Crippen molar-refractivity contribution in [3.05, 3.63) is 58.9 Å². The summed E-state index contributed by atoms with van der Waals surface area (Å²) in [4.78, 5) is 40.2. The lowest BCUT2D eigenvalue weighted by atomic mass is 10.2. The van der Waals surface area contributed by atoms with E-state index in [-0.39, 0.29) is 18.6 Å². The lowest BCUT2D eigenvalue weighted by Crippen LogP contribution is -2.36. The van der Waals surface area contributed by atoms with Crippen molar-refractivity contribution >= 4 is 23.2 Å². The maximum atomic E-state index is 12.8. The number of thiazole rings is 1. The van der Waals surface area contributed by atoms with Crippen LogP contribution in [0, 0.1) is 6.92 Å². The fourth-order valence-electron chi connectivity index (χ4n) is 3.10. The number of carbonyl (C=O) groups excluding carboxylic acids is 2. The van der Waals surface area contributed by atoms with Gasteiger partial charge >= 0.3 is 5.97 Å². The van der Waals surface area contributed by atoms with Crippen LogP contribution in [0.2, 0.25) is 0 Å². The number of nitrogens with zero attached hydrogens (tertiary/aromatic N) is 4. The van der Waals surface area contributed by atoms with Crippen molar-refractivity contribution in [2.45, 2.75) is 32.4 Å². The number of hydrogen-bond donors (Lipinski definition) is 0. The Labute approximate surface area is 183 Å². The first-order valence-electron chi connectivity index (χ1n) is 9.89. The minimum absolute atomic E-state index is 0.195. The zero-order chi connectivity index (χ0) is 21.8. The molecule has 1 fully saturated rings. The SMILES string of the molecule is COc1ccc(CN(C(=O)COC(=O)c2sc(-c3ncccn3)nc2C)C2CC2)cc1. The number of esters is 1. The molecule has 0 aliphatic heterocycles. The van der Waals surface area contributed by atoms with Gasteiger partial charge < -0.3 is 14.4 Å². The summed E-state index contributed by atoms with van der Waals surface area (Å²) >= 11 is 1.16. The van der Waals surface area contributed by atoms with Gasteiger partial charge in [0.2, 0.25) is 0 Å². The minimum Gasteiger partial charge on any atom is -0.497 e. The van der Waals surface area contributed by atoms with E-state index in [1.807, 2.05) is 24.3 Å². The Kier molecular flexibility index (Phi) is 6.22. The van der Waals surface area contributed by atoms with Gasteiger partial charge in [-0.25, -0.2) is 19.7 Å². The lowest BCUT2D eigenvalue weighted by molar-refractivity contribution is -0.135. The van der Waals surface area contributed by atoms with E-state index in [4.69, 9.17) is 9.47 Å². The fraction of sp³-hybridized carbons (Fsp3) is 0.318. The molecule has 0 N–H and O–H groups in total. The number of ether oxygens (including phenoxy) is 2. The molecule has 1 saturated carbocycles. The summed E-state index contributed by atoms with van der Waals surface area (Å²) in [7, 11) is 1.62. The molecule has 0 bridgehead atoms. The number of carbonyl (C=O) groups is 2. The third kappa shape index (κ3) is 5.05. The molecule has 0 saturated heterocycles. The molecular weight excluding hydrogens is 416 g/mol. The van der Waals surface area contributed by atoms with E-state index in [1.165, 1.54) is 0 Å². The molecule has 1 aromatic carbocycles. The molecule has 3 aromatic rings. The number of hydrogen-bond acceptors (Lipinski definition) is 8. The molecule has 0 unspecified atom stereocenters. The molecule has 0 radical (unpaired) electrons. The first-order valence-corrected chi connectivity index (χ1v) is 10.7. The first-order chi connectivity index (χ1) is 15.0. The number of amides is 1. The smallest absolute Gasteiger partial charge is 0.350 e. The number of aryl methyl sites for hydroxylation is 1. The highest BCUT2D eigenvalue weighted by Gasteiger charge is 2.33. The minimum atomic E-state index is -0.564. The van der Waals surface area contributed by atoms with E-state index in [2.05, 4.69) is 15.0 Å². The zero-order valence-electron chi connectivity index (χ0n) is 17.3. The quantitative estimate of drug-likeness (QED) is 0.498. The Hall–Kier alpha value is -3.33. The summed E-state index contributed by atoms with van der Waals surface area (Å²) in [5, 5.41) is 0.537. The standard InChI is InChI=1S/C22H22N4O4S/c1-14-19(31-21(25-14)20-23-10-3-11-24-20)22(28)30-13-18(27)26(16-6-7-16)12-15-4-8-17(29-2)9-5-15/h3-5,8-11,16H,6-7,12-13H2,1-2H3. The Morgan fingerprint density at radius 1 is 1.16 bits per heavy atom. The van der Waals surface area contributed by atoms with E-state index in [0.717, 1.165) is 35.5 Å². The normalized spacial score (nSPS) is 13.0. The van der Waals surface area contributed by atoms with Crippen molar-refractivity contribution in [1.82, 2.24) is 19.9 Å². The molecule has 9 heteroatoms. The van der Waals surface area contributed by atoms with Crippen molar-refractivity contribution in [3.63, 3.8) is 0 Å². The predicted molar refractivity (Wildman–Crippen MR) is 115 cm³/mol. The van der Waals surface area contributed by atoms with Gasteiger partial charge in [0.25, 0.3) is 5.91 Å². The highest BCUT2D eigenvalue weighted by molar-refractivity contribution is 7.16. The lowest BCUT2D eigenvalue weighted by Gasteiger charge is -2.22. The molecular formula is C22H22N4O4S. The molecule has 31 heavy (non-hydrogen) atoms. The molecule has 8 nitrogen and oxygen atoms in total. The maximum Gasteiger partial charge on any atom is 0.350 e. The van der Waals surface area contributed by atoms with Gasteiger partial charge in [0, 0.05) is 25.0 Å². The van der Waals surface area contributed by atoms with Gasteiger partial charge in [0.05, 0.1) is 12.8 Å². The van der Waals surface area contributed by atoms with Gasteiger partial charge in [-0.15, -0.1) is 11.3 Å². The Morgan fingerprint density at radius 2 is 1.87 bits per heavy atom. The Balaban J connectivity index is 1.38. The van der Waals surface area contributed by atoms with Gasteiger partial charge in [-0.3, -0.25) is 4.79 Å². The van der Waals surface area contributed by atoms with Crippen LogP contribution >= 0.6 is 11.3 Å². The summed E-state index contributed by atoms with van der Waals surface area (Å²) in [6, 6.07) is 9.50. The monoisotopic (exact) mass is 438 g/mol. The van der Waals surface area contributed by atoms with E-state index in [9.17, 15) is 9.59 Å². The summed E-state index contributed by atoms with van der Waals surface area (Å²) in [5.41, 5.74) is 1.53. The summed E-state index contributed by atoms with van der Waals surface area (Å²) in [5.74, 6) is 0.443. The van der Waals surface area contributed by atoms with E-state index < -0.39 is 5.97 Å². The van der Waals surface area contributed by atoms with Crippen molar-refractivity contribution in [2.75, 3.05) is 13.7 Å². The molecule has 0 atom stereocenters. The van der Waals surface area contributed by atoms with Gasteiger partial charge in [0.15, 0.2) is 17.4 Å². The fourth-order valence-corrected chi connectivity index (χ4v) is 4.01. The van der Waals surface area contributed by atoms with Gasteiger partial charge in [-0.1, -0.05) is 12.1 Å². The number of benzene rings is 1. The highest BCUT2D eigenvalue weighted by Crippen LogP contribution is 2.29. The highest BCUT2D eigenvalue weighted by atomic mass is 32.1. The molecule has 1 aliphatic carbocycles. The zero-order valence-corrected chi connectivity index (χ0v) is 18.1. The number of methoxy groups -OCH3 is 1. The second kappa shape index (κ2) is 9.22. The van der Waals surface area contributed by atoms with Crippen LogP contribution in [0.4, 0.5) is 0 Å². The van der Waals surface area contributed by atoms with E-state index in [0.29, 0.717) is 27.9 Å². The van der Waals surface area contributed by atoms with Crippen molar-refractivity contribution in [3.8, 4) is 16.6 Å². The topological polar surface area (TPSA) is 94.5 Å². The predicted octanol–water partition coefficient (Wildman–Crippen LogP) is 3.27. The molecule has 4 rings (SSSR count). The molecule has 2 aromatic heterocycles. The average molecular weight is 439 g/mol. The van der Waals surface area contributed by atoms with Crippen molar-refractivity contribution < 1.29 is 19.1 Å². The number of rotatable bonds is 8. The molecule has 1 aliphatic rings. The van der Waals surface area contributed by atoms with Gasteiger partial charge in [-0.2, -0.15) is 0 Å². The second-order valence-corrected chi connectivity index (χ2v) is 8.18. The summed E-state index contributed by atoms with van der Waals surface area (Å²) in [6.45, 7) is 1.89. The third-order valence-electron chi connectivity index (χ3n) is 4.89. The van der Waals surface area contributed by atoms with Crippen LogP contribution in [0.5, 0.6) is 5.75 Å². The van der Waals surface area contributed by atoms with Gasteiger partial charge in [0.1, 0.15) is 10.6 Å². The molecule has 1 amide bonds. The van der Waals surface area contributed by atoms with Crippen molar-refractivity contribution in [2.24, 2.45) is 0 Å². The molecule has 2 heterocycles. The van der Waals surface area contributed by atoms with Crippen LogP contribution in [-0.4, -0.2) is 51.5 Å². The van der Waals surface area contributed by atoms with Crippen LogP contribution in [0.15, 0.2) is 42.7 Å². The van der Waals surface area contributed by atoms with E-state index in [1.54, 1.807) is 37.4 Å². The summed E-state index contributed by atoms with van der Waals surface area (Å²) in [6.07, 6.45) is 5.16. The van der Waals surface area contributed by atoms with Crippen LogP contribution in [-0.2, 0) is 16.1 Å². The second-order valence-electron chi connectivity index (χ2n) is 7.18.